The van der Waals surface area contributed by atoms with Gasteiger partial charge in [0.15, 0.2) is 5.88 Å². The van der Waals surface area contributed by atoms with E-state index in [0.29, 0.717) is 0 Å². The van der Waals surface area contributed by atoms with Crippen LogP contribution in [0.2, 0.25) is 0 Å². The van der Waals surface area contributed by atoms with Crippen molar-refractivity contribution in [2.45, 2.75) is 12.8 Å². The fourth-order valence-corrected chi connectivity index (χ4v) is 1.26. The Morgan fingerprint density at radius 2 is 2.25 bits per heavy atom. The number of H-pyrrole nitrogens is 1. The number of nitrogens with one attached hydrogen (secondary N) is 1. The second-order valence-electron chi connectivity index (χ2n) is 2.98. The first-order valence-electron chi connectivity index (χ1n) is 4.25. The van der Waals surface area contributed by atoms with Crippen molar-refractivity contribution in [1.29, 1.82) is 0 Å². The van der Waals surface area contributed by atoms with Gasteiger partial charge in [-0.05, 0) is 5.56 Å². The van der Waals surface area contributed by atoms with Gasteiger partial charge in [0.25, 0.3) is 12.0 Å². The molecule has 1 rings (SSSR count). The Bertz CT molecular complexity index is 455. The molecule has 0 aliphatic rings. The number of halogens is 2. The van der Waals surface area contributed by atoms with Crippen LogP contribution in [0.25, 0.3) is 0 Å². The maximum Gasteiger partial charge on any atom is 0.307 e. The van der Waals surface area contributed by atoms with E-state index in [2.05, 4.69) is 9.72 Å². The van der Waals surface area contributed by atoms with Crippen LogP contribution < -0.4 is 10.3 Å². The molecule has 0 amide bonds. The minimum Gasteiger partial charge on any atom is -0.482 e. The summed E-state index contributed by atoms with van der Waals surface area (Å²) in [6, 6.07) is 1.08. The lowest BCUT2D eigenvalue weighted by Gasteiger charge is -2.08. The highest BCUT2D eigenvalue weighted by Crippen LogP contribution is 2.21. The van der Waals surface area contributed by atoms with Crippen LogP contribution >= 0.6 is 0 Å². The number of aromatic nitrogens is 1. The van der Waals surface area contributed by atoms with E-state index >= 15 is 0 Å². The Morgan fingerprint density at radius 3 is 2.69 bits per heavy atom. The molecule has 5 nitrogen and oxygen atoms in total. The molecule has 0 spiro atoms. The summed E-state index contributed by atoms with van der Waals surface area (Å²) in [5, 5.41) is 8.53. The molecule has 0 unspecified atom stereocenters. The average molecular weight is 233 g/mol. The lowest BCUT2D eigenvalue weighted by atomic mass is 10.1. The van der Waals surface area contributed by atoms with Crippen LogP contribution in [-0.4, -0.2) is 23.2 Å². The molecule has 16 heavy (non-hydrogen) atoms. The molecule has 2 N–H and O–H groups in total. The largest absolute Gasteiger partial charge is 0.482 e. The average Bonchev–Trinajstić information content (AvgIpc) is 2.14. The van der Waals surface area contributed by atoms with E-state index in [1.54, 1.807) is 0 Å². The highest BCUT2D eigenvalue weighted by molar-refractivity contribution is 5.70. The molecule has 88 valence electrons. The SMILES string of the molecule is COc1cc(CC(=O)O)c(C(F)F)c(=O)[nH]1. The zero-order valence-corrected chi connectivity index (χ0v) is 8.29. The van der Waals surface area contributed by atoms with Gasteiger partial charge in [0.1, 0.15) is 0 Å². The minimum absolute atomic E-state index is 0.0503. The smallest absolute Gasteiger partial charge is 0.307 e. The fraction of sp³-hybridized carbons (Fsp3) is 0.333. The maximum atomic E-state index is 12.5. The molecule has 1 heterocycles. The van der Waals surface area contributed by atoms with Crippen molar-refractivity contribution < 1.29 is 23.4 Å². The first-order valence-corrected chi connectivity index (χ1v) is 4.25. The van der Waals surface area contributed by atoms with E-state index < -0.39 is 29.9 Å². The molecular weight excluding hydrogens is 224 g/mol. The first-order chi connectivity index (χ1) is 7.45. The van der Waals surface area contributed by atoms with Gasteiger partial charge in [-0.15, -0.1) is 0 Å². The topological polar surface area (TPSA) is 79.4 Å². The number of rotatable bonds is 4. The van der Waals surface area contributed by atoms with Gasteiger partial charge in [-0.25, -0.2) is 8.78 Å². The lowest BCUT2D eigenvalue weighted by molar-refractivity contribution is -0.136. The summed E-state index contributed by atoms with van der Waals surface area (Å²) in [5.74, 6) is -1.35. The van der Waals surface area contributed by atoms with Crippen molar-refractivity contribution in [3.8, 4) is 5.88 Å². The predicted octanol–water partition coefficient (Wildman–Crippen LogP) is 0.948. The van der Waals surface area contributed by atoms with Crippen LogP contribution in [0.1, 0.15) is 17.6 Å². The van der Waals surface area contributed by atoms with Crippen LogP contribution in [-0.2, 0) is 11.2 Å². The Morgan fingerprint density at radius 1 is 1.62 bits per heavy atom. The molecule has 0 saturated heterocycles. The maximum absolute atomic E-state index is 12.5. The van der Waals surface area contributed by atoms with E-state index in [4.69, 9.17) is 5.11 Å². The summed E-state index contributed by atoms with van der Waals surface area (Å²) >= 11 is 0. The summed E-state index contributed by atoms with van der Waals surface area (Å²) in [7, 11) is 1.23. The third-order valence-corrected chi connectivity index (χ3v) is 1.91. The number of hydrogen-bond donors (Lipinski definition) is 2. The van der Waals surface area contributed by atoms with Crippen LogP contribution in [0.5, 0.6) is 5.88 Å². The van der Waals surface area contributed by atoms with Gasteiger partial charge < -0.3 is 9.84 Å². The van der Waals surface area contributed by atoms with Crippen LogP contribution in [0.15, 0.2) is 10.9 Å². The predicted molar refractivity (Wildman–Crippen MR) is 49.9 cm³/mol. The molecule has 0 aliphatic heterocycles. The van der Waals surface area contributed by atoms with Crippen LogP contribution in [0.3, 0.4) is 0 Å². The van der Waals surface area contributed by atoms with Crippen molar-refractivity contribution in [2.24, 2.45) is 0 Å². The molecule has 1 aromatic heterocycles. The van der Waals surface area contributed by atoms with Crippen molar-refractivity contribution in [3.63, 3.8) is 0 Å². The van der Waals surface area contributed by atoms with Gasteiger partial charge >= 0.3 is 5.97 Å². The number of aliphatic carboxylic acids is 1. The molecule has 1 aromatic rings. The van der Waals surface area contributed by atoms with Crippen molar-refractivity contribution in [1.82, 2.24) is 4.98 Å². The molecular formula is C9H9F2NO4. The lowest BCUT2D eigenvalue weighted by Crippen LogP contribution is -2.18. The second kappa shape index (κ2) is 4.73. The number of hydrogen-bond acceptors (Lipinski definition) is 3. The third kappa shape index (κ3) is 2.56. The summed E-state index contributed by atoms with van der Waals surface area (Å²) in [6.45, 7) is 0. The van der Waals surface area contributed by atoms with Gasteiger partial charge in [-0.3, -0.25) is 14.6 Å². The number of methoxy groups -OCH3 is 1. The van der Waals surface area contributed by atoms with Crippen molar-refractivity contribution >= 4 is 5.97 Å². The van der Waals surface area contributed by atoms with Crippen molar-refractivity contribution in [3.05, 3.63) is 27.5 Å². The zero-order valence-electron chi connectivity index (χ0n) is 8.29. The number of pyridine rings is 1. The Labute approximate surface area is 88.7 Å². The summed E-state index contributed by atoms with van der Waals surface area (Å²) in [4.78, 5) is 23.8. The minimum atomic E-state index is -3.02. The molecule has 0 bridgehead atoms. The molecule has 0 atom stereocenters. The van der Waals surface area contributed by atoms with Crippen LogP contribution in [0, 0.1) is 0 Å². The molecule has 0 radical (unpaired) electrons. The zero-order chi connectivity index (χ0) is 12.3. The number of ether oxygens (including phenoxy) is 1. The third-order valence-electron chi connectivity index (χ3n) is 1.91. The first kappa shape index (κ1) is 12.2. The van der Waals surface area contributed by atoms with E-state index in [9.17, 15) is 18.4 Å². The molecule has 0 aromatic carbocycles. The van der Waals surface area contributed by atoms with Crippen LogP contribution in [0.4, 0.5) is 8.78 Å². The number of carboxylic acid groups (broad SMARTS) is 1. The molecule has 0 fully saturated rings. The van der Waals surface area contributed by atoms with Gasteiger partial charge in [0, 0.05) is 6.07 Å². The van der Waals surface area contributed by atoms with E-state index in [1.807, 2.05) is 0 Å². The number of aromatic amines is 1. The fourth-order valence-electron chi connectivity index (χ4n) is 1.26. The summed E-state index contributed by atoms with van der Waals surface area (Å²) in [5.41, 5.74) is -2.11. The van der Waals surface area contributed by atoms with E-state index in [0.717, 1.165) is 6.07 Å². The van der Waals surface area contributed by atoms with Gasteiger partial charge in [-0.1, -0.05) is 0 Å². The summed E-state index contributed by atoms with van der Waals surface area (Å²) in [6.07, 6.45) is -3.68. The molecule has 7 heteroatoms. The van der Waals surface area contributed by atoms with Crippen molar-refractivity contribution in [2.75, 3.05) is 7.11 Å². The van der Waals surface area contributed by atoms with Gasteiger partial charge in [-0.2, -0.15) is 0 Å². The van der Waals surface area contributed by atoms with Gasteiger partial charge in [0.2, 0.25) is 0 Å². The Hall–Kier alpha value is -1.92. The quantitative estimate of drug-likeness (QED) is 0.811. The highest BCUT2D eigenvalue weighted by Gasteiger charge is 2.20. The number of carboxylic acids is 1. The Kier molecular flexibility index (Phi) is 3.60. The highest BCUT2D eigenvalue weighted by atomic mass is 19.3. The van der Waals surface area contributed by atoms with E-state index in [-0.39, 0.29) is 11.4 Å². The Balaban J connectivity index is 3.34. The number of alkyl halides is 2. The van der Waals surface area contributed by atoms with Gasteiger partial charge in [0.05, 0.1) is 19.1 Å². The standard InChI is InChI=1S/C9H9F2NO4/c1-16-5-2-4(3-6(13)14)7(8(10)11)9(15)12-5/h2,8H,3H2,1H3,(H,12,15)(H,13,14). The molecule has 0 aliphatic carbocycles. The number of carbonyl (C=O) groups is 1. The normalized spacial score (nSPS) is 10.5. The monoisotopic (exact) mass is 233 g/mol. The summed E-state index contributed by atoms with van der Waals surface area (Å²) < 4.78 is 29.7. The second-order valence-corrected chi connectivity index (χ2v) is 2.98. The molecule has 0 saturated carbocycles. The van der Waals surface area contributed by atoms with E-state index in [1.165, 1.54) is 7.11 Å².